The summed E-state index contributed by atoms with van der Waals surface area (Å²) in [6.07, 6.45) is 0. The van der Waals surface area contributed by atoms with Gasteiger partial charge in [-0.2, -0.15) is 0 Å². The number of anilines is 9. The van der Waals surface area contributed by atoms with Crippen molar-refractivity contribution in [2.75, 3.05) is 14.7 Å². The molecule has 0 spiro atoms. The average Bonchev–Trinajstić information content (AvgIpc) is 3.45. The van der Waals surface area contributed by atoms with Gasteiger partial charge in [0.2, 0.25) is 0 Å². The Balaban J connectivity index is 0.783. The topological polar surface area (TPSA) is 9.72 Å². The summed E-state index contributed by atoms with van der Waals surface area (Å²) in [7, 11) is 0. The van der Waals surface area contributed by atoms with Gasteiger partial charge in [0.05, 0.1) is 11.4 Å². The molecule has 0 radical (unpaired) electrons. The fourth-order valence-electron chi connectivity index (χ4n) is 9.91. The average molecular weight is 908 g/mol. The molecule has 0 aliphatic rings. The molecular weight excluding hydrogens is 859 g/mol. The van der Waals surface area contributed by atoms with Crippen LogP contribution < -0.4 is 14.7 Å². The van der Waals surface area contributed by atoms with Crippen LogP contribution in [0.3, 0.4) is 0 Å². The molecule has 71 heavy (non-hydrogen) atoms. The van der Waals surface area contributed by atoms with Crippen LogP contribution in [0, 0.1) is 0 Å². The summed E-state index contributed by atoms with van der Waals surface area (Å²) in [6, 6.07) is 107. The fraction of sp³-hybridized carbons (Fsp3) is 0. The Morgan fingerprint density at radius 1 is 0.155 bits per heavy atom. The molecule has 0 N–H and O–H groups in total. The Morgan fingerprint density at radius 3 is 0.704 bits per heavy atom. The van der Waals surface area contributed by atoms with Gasteiger partial charge in [0, 0.05) is 50.6 Å². The van der Waals surface area contributed by atoms with Crippen LogP contribution in [0.5, 0.6) is 0 Å². The van der Waals surface area contributed by atoms with E-state index < -0.39 is 0 Å². The van der Waals surface area contributed by atoms with E-state index in [0.717, 1.165) is 62.3 Å². The quantitative estimate of drug-likeness (QED) is 0.121. The highest BCUT2D eigenvalue weighted by atomic mass is 15.2. The number of nitrogens with zero attached hydrogens (tertiary/aromatic N) is 3. The SMILES string of the molecule is c1ccc(N(c2ccc(-c3ccc(-c4ccc(N(c5ccccc5)c5cccc6ccccc56)cc4)cc3)cc2)c2ccc(-c3ccc(N(c4ccccc4)c4cccc5ccccc45)cc3)cc2)cc1. The number of hydrogen-bond donors (Lipinski definition) is 0. The van der Waals surface area contributed by atoms with Crippen LogP contribution in [0.15, 0.2) is 297 Å². The molecule has 0 aromatic heterocycles. The summed E-state index contributed by atoms with van der Waals surface area (Å²) < 4.78 is 0. The number of rotatable bonds is 12. The highest BCUT2D eigenvalue weighted by Crippen LogP contribution is 2.42. The first-order valence-corrected chi connectivity index (χ1v) is 24.2. The molecule has 0 aliphatic carbocycles. The van der Waals surface area contributed by atoms with E-state index >= 15 is 0 Å². The zero-order chi connectivity index (χ0) is 47.3. The van der Waals surface area contributed by atoms with E-state index in [1.165, 1.54) is 43.8 Å². The second-order valence-electron chi connectivity index (χ2n) is 17.8. The number of benzene rings is 12. The third kappa shape index (κ3) is 8.69. The van der Waals surface area contributed by atoms with Gasteiger partial charge < -0.3 is 14.7 Å². The summed E-state index contributed by atoms with van der Waals surface area (Å²) in [5.41, 5.74) is 17.1. The van der Waals surface area contributed by atoms with Gasteiger partial charge in [-0.05, 0) is 141 Å². The van der Waals surface area contributed by atoms with Crippen molar-refractivity contribution in [2.24, 2.45) is 0 Å². The normalized spacial score (nSPS) is 11.1. The maximum atomic E-state index is 2.35. The van der Waals surface area contributed by atoms with E-state index in [9.17, 15) is 0 Å². The van der Waals surface area contributed by atoms with E-state index in [4.69, 9.17) is 0 Å². The van der Waals surface area contributed by atoms with E-state index in [-0.39, 0.29) is 0 Å². The van der Waals surface area contributed by atoms with Crippen LogP contribution >= 0.6 is 0 Å². The van der Waals surface area contributed by atoms with Gasteiger partial charge in [-0.25, -0.2) is 0 Å². The molecule has 0 fully saturated rings. The lowest BCUT2D eigenvalue weighted by molar-refractivity contribution is 1.28. The van der Waals surface area contributed by atoms with Crippen molar-refractivity contribution in [3.05, 3.63) is 297 Å². The minimum Gasteiger partial charge on any atom is -0.311 e. The van der Waals surface area contributed by atoms with Crippen LogP contribution in [-0.4, -0.2) is 0 Å². The van der Waals surface area contributed by atoms with Gasteiger partial charge in [0.1, 0.15) is 0 Å². The Kier molecular flexibility index (Phi) is 11.6. The highest BCUT2D eigenvalue weighted by molar-refractivity contribution is 6.00. The third-order valence-corrected chi connectivity index (χ3v) is 13.4. The fourth-order valence-corrected chi connectivity index (χ4v) is 9.91. The van der Waals surface area contributed by atoms with Crippen LogP contribution in [0.4, 0.5) is 51.2 Å². The van der Waals surface area contributed by atoms with Crippen molar-refractivity contribution < 1.29 is 0 Å². The largest absolute Gasteiger partial charge is 0.311 e. The summed E-state index contributed by atoms with van der Waals surface area (Å²) in [6.45, 7) is 0. The minimum atomic E-state index is 1.09. The van der Waals surface area contributed by atoms with Gasteiger partial charge in [0.15, 0.2) is 0 Å². The Hall–Kier alpha value is -9.44. The summed E-state index contributed by atoms with van der Waals surface area (Å²) in [5.74, 6) is 0. The summed E-state index contributed by atoms with van der Waals surface area (Å²) in [5, 5.41) is 4.88. The van der Waals surface area contributed by atoms with Crippen LogP contribution in [0.2, 0.25) is 0 Å². The van der Waals surface area contributed by atoms with Crippen molar-refractivity contribution in [2.45, 2.75) is 0 Å². The highest BCUT2D eigenvalue weighted by Gasteiger charge is 2.18. The van der Waals surface area contributed by atoms with E-state index in [1.54, 1.807) is 0 Å². The van der Waals surface area contributed by atoms with Crippen molar-refractivity contribution in [3.63, 3.8) is 0 Å². The maximum absolute atomic E-state index is 2.35. The lowest BCUT2D eigenvalue weighted by Gasteiger charge is -2.27. The van der Waals surface area contributed by atoms with E-state index in [1.807, 2.05) is 0 Å². The molecule has 0 heterocycles. The second-order valence-corrected chi connectivity index (χ2v) is 17.8. The second kappa shape index (κ2) is 19.3. The minimum absolute atomic E-state index is 1.09. The molecule has 0 aliphatic heterocycles. The van der Waals surface area contributed by atoms with Crippen molar-refractivity contribution in [1.82, 2.24) is 0 Å². The molecule has 0 unspecified atom stereocenters. The molecule has 3 nitrogen and oxygen atoms in total. The smallest absolute Gasteiger partial charge is 0.0540 e. The Bertz CT molecular complexity index is 3700. The monoisotopic (exact) mass is 907 g/mol. The number of hydrogen-bond acceptors (Lipinski definition) is 3. The van der Waals surface area contributed by atoms with Gasteiger partial charge in [-0.1, -0.05) is 200 Å². The van der Waals surface area contributed by atoms with Crippen molar-refractivity contribution >= 4 is 72.7 Å². The number of fused-ring (bicyclic) bond motifs is 2. The van der Waals surface area contributed by atoms with Gasteiger partial charge in [-0.3, -0.25) is 0 Å². The van der Waals surface area contributed by atoms with Gasteiger partial charge >= 0.3 is 0 Å². The van der Waals surface area contributed by atoms with E-state index in [2.05, 4.69) is 312 Å². The molecule has 336 valence electrons. The zero-order valence-electron chi connectivity index (χ0n) is 39.1. The molecule has 3 heteroatoms. The van der Waals surface area contributed by atoms with Crippen LogP contribution in [0.1, 0.15) is 0 Å². The molecule has 12 rings (SSSR count). The summed E-state index contributed by atoms with van der Waals surface area (Å²) >= 11 is 0. The first kappa shape index (κ1) is 42.9. The molecular formula is C68H49N3. The molecule has 0 saturated carbocycles. The standard InChI is InChI=1S/C68H49N3/c1-4-20-58(21-5-1)69(62-44-36-54(37-45-62)55-40-48-64(49-41-55)71(60-24-8-3-9-25-60)68-29-15-19-57-17-11-13-27-66(57)68)61-42-34-52(35-43-61)50-30-32-51(33-31-50)53-38-46-63(47-39-53)70(59-22-6-2-7-23-59)67-28-14-18-56-16-10-12-26-65(56)67/h1-49H. The predicted molar refractivity (Wildman–Crippen MR) is 302 cm³/mol. The first-order chi connectivity index (χ1) is 35.2. The zero-order valence-corrected chi connectivity index (χ0v) is 39.1. The van der Waals surface area contributed by atoms with Crippen molar-refractivity contribution in [1.29, 1.82) is 0 Å². The lowest BCUT2D eigenvalue weighted by Crippen LogP contribution is -2.10. The summed E-state index contributed by atoms with van der Waals surface area (Å²) in [4.78, 5) is 7.02. The van der Waals surface area contributed by atoms with Crippen LogP contribution in [0.25, 0.3) is 54.9 Å². The molecule has 0 bridgehead atoms. The lowest BCUT2D eigenvalue weighted by atomic mass is 9.99. The third-order valence-electron chi connectivity index (χ3n) is 13.4. The molecule has 12 aromatic carbocycles. The van der Waals surface area contributed by atoms with Crippen molar-refractivity contribution in [3.8, 4) is 33.4 Å². The Labute approximate surface area is 416 Å². The van der Waals surface area contributed by atoms with Gasteiger partial charge in [-0.15, -0.1) is 0 Å². The van der Waals surface area contributed by atoms with E-state index in [0.29, 0.717) is 0 Å². The molecule has 0 saturated heterocycles. The Morgan fingerprint density at radius 2 is 0.380 bits per heavy atom. The van der Waals surface area contributed by atoms with Gasteiger partial charge in [0.25, 0.3) is 0 Å². The molecule has 0 atom stereocenters. The molecule has 12 aromatic rings. The van der Waals surface area contributed by atoms with Crippen LogP contribution in [-0.2, 0) is 0 Å². The number of para-hydroxylation sites is 3. The maximum Gasteiger partial charge on any atom is 0.0540 e. The molecule has 0 amide bonds. The predicted octanol–water partition coefficient (Wildman–Crippen LogP) is 19.4. The first-order valence-electron chi connectivity index (χ1n) is 24.2.